The first-order valence-corrected chi connectivity index (χ1v) is 5.23. The Labute approximate surface area is 99.1 Å². The molecule has 1 atom stereocenters. The van der Waals surface area contributed by atoms with E-state index in [4.69, 9.17) is 5.11 Å². The summed E-state index contributed by atoms with van der Waals surface area (Å²) >= 11 is 0. The molecule has 0 radical (unpaired) electrons. The van der Waals surface area contributed by atoms with Crippen molar-refractivity contribution in [3.63, 3.8) is 0 Å². The molecule has 92 valence electrons. The number of hydrogen-bond donors (Lipinski definition) is 3. The highest BCUT2D eigenvalue weighted by Gasteiger charge is 2.10. The van der Waals surface area contributed by atoms with Crippen LogP contribution in [-0.2, 0) is 11.3 Å². The first kappa shape index (κ1) is 13.0. The molecule has 1 unspecified atom stereocenters. The summed E-state index contributed by atoms with van der Waals surface area (Å²) < 4.78 is 0. The minimum atomic E-state index is -0.940. The number of aromatic nitrogens is 1. The number of rotatable bonds is 5. The monoisotopic (exact) mass is 237 g/mol. The van der Waals surface area contributed by atoms with E-state index in [0.29, 0.717) is 6.54 Å². The fourth-order valence-corrected chi connectivity index (χ4v) is 1.27. The molecule has 1 heterocycles. The van der Waals surface area contributed by atoms with Gasteiger partial charge in [0, 0.05) is 25.0 Å². The second-order valence-electron chi connectivity index (χ2n) is 3.69. The van der Waals surface area contributed by atoms with Crippen LogP contribution in [0.25, 0.3) is 0 Å². The SMILES string of the molecule is CC(CC(=O)O)NC(=O)NCc1cccnc1. The quantitative estimate of drug-likeness (QED) is 0.704. The molecule has 0 aliphatic carbocycles. The number of carboxylic acid groups (broad SMARTS) is 1. The lowest BCUT2D eigenvalue weighted by Gasteiger charge is -2.12. The first-order valence-electron chi connectivity index (χ1n) is 5.23. The van der Waals surface area contributed by atoms with E-state index in [1.54, 1.807) is 25.4 Å². The maximum Gasteiger partial charge on any atom is 0.315 e. The Kier molecular flexibility index (Phi) is 4.93. The summed E-state index contributed by atoms with van der Waals surface area (Å²) in [7, 11) is 0. The molecular weight excluding hydrogens is 222 g/mol. The van der Waals surface area contributed by atoms with Gasteiger partial charge < -0.3 is 15.7 Å². The van der Waals surface area contributed by atoms with Crippen molar-refractivity contribution >= 4 is 12.0 Å². The minimum Gasteiger partial charge on any atom is -0.481 e. The smallest absolute Gasteiger partial charge is 0.315 e. The average molecular weight is 237 g/mol. The summed E-state index contributed by atoms with van der Waals surface area (Å²) in [6.45, 7) is 2.00. The van der Waals surface area contributed by atoms with Crippen LogP contribution >= 0.6 is 0 Å². The third-order valence-corrected chi connectivity index (χ3v) is 2.03. The lowest BCUT2D eigenvalue weighted by Crippen LogP contribution is -2.41. The van der Waals surface area contributed by atoms with Crippen molar-refractivity contribution in [3.8, 4) is 0 Å². The molecule has 0 aliphatic heterocycles. The van der Waals surface area contributed by atoms with Gasteiger partial charge in [-0.2, -0.15) is 0 Å². The van der Waals surface area contributed by atoms with Gasteiger partial charge in [0.2, 0.25) is 0 Å². The van der Waals surface area contributed by atoms with Crippen LogP contribution in [0, 0.1) is 0 Å². The van der Waals surface area contributed by atoms with E-state index in [9.17, 15) is 9.59 Å². The first-order chi connectivity index (χ1) is 8.08. The van der Waals surface area contributed by atoms with Gasteiger partial charge in [-0.3, -0.25) is 9.78 Å². The van der Waals surface area contributed by atoms with Gasteiger partial charge in [-0.25, -0.2) is 4.79 Å². The van der Waals surface area contributed by atoms with E-state index in [0.717, 1.165) is 5.56 Å². The van der Waals surface area contributed by atoms with Crippen LogP contribution in [-0.4, -0.2) is 28.1 Å². The van der Waals surface area contributed by atoms with E-state index in [1.807, 2.05) is 6.07 Å². The molecule has 1 rings (SSSR count). The maximum absolute atomic E-state index is 11.4. The molecule has 0 saturated heterocycles. The van der Waals surface area contributed by atoms with E-state index >= 15 is 0 Å². The van der Waals surface area contributed by atoms with E-state index in [2.05, 4.69) is 15.6 Å². The highest BCUT2D eigenvalue weighted by Crippen LogP contribution is 1.94. The maximum atomic E-state index is 11.4. The number of carbonyl (C=O) groups is 2. The van der Waals surface area contributed by atoms with Crippen molar-refractivity contribution in [1.82, 2.24) is 15.6 Å². The Balaban J connectivity index is 2.28. The van der Waals surface area contributed by atoms with Crippen LogP contribution in [0.15, 0.2) is 24.5 Å². The standard InChI is InChI=1S/C11H15N3O3/c1-8(5-10(15)16)14-11(17)13-7-9-3-2-4-12-6-9/h2-4,6,8H,5,7H2,1H3,(H,15,16)(H2,13,14,17). The summed E-state index contributed by atoms with van der Waals surface area (Å²) in [5.41, 5.74) is 0.883. The Hall–Kier alpha value is -2.11. The third kappa shape index (κ3) is 5.50. The number of amides is 2. The minimum absolute atomic E-state index is 0.0969. The van der Waals surface area contributed by atoms with Crippen LogP contribution in [0.5, 0.6) is 0 Å². The predicted molar refractivity (Wildman–Crippen MR) is 61.3 cm³/mol. The summed E-state index contributed by atoms with van der Waals surface area (Å²) in [5.74, 6) is -0.940. The zero-order valence-corrected chi connectivity index (χ0v) is 9.51. The molecule has 0 fully saturated rings. The van der Waals surface area contributed by atoms with Gasteiger partial charge in [-0.05, 0) is 18.6 Å². The third-order valence-electron chi connectivity index (χ3n) is 2.03. The largest absolute Gasteiger partial charge is 0.481 e. The Morgan fingerprint density at radius 3 is 2.88 bits per heavy atom. The second-order valence-corrected chi connectivity index (χ2v) is 3.69. The number of nitrogens with one attached hydrogen (secondary N) is 2. The molecule has 2 amide bonds. The molecule has 17 heavy (non-hydrogen) atoms. The molecule has 1 aromatic heterocycles. The summed E-state index contributed by atoms with van der Waals surface area (Å²) in [6.07, 6.45) is 3.21. The number of hydrogen-bond acceptors (Lipinski definition) is 3. The fraction of sp³-hybridized carbons (Fsp3) is 0.364. The molecule has 0 saturated carbocycles. The van der Waals surface area contributed by atoms with Crippen molar-refractivity contribution in [1.29, 1.82) is 0 Å². The van der Waals surface area contributed by atoms with E-state index in [1.165, 1.54) is 0 Å². The zero-order valence-electron chi connectivity index (χ0n) is 9.51. The van der Waals surface area contributed by atoms with Gasteiger partial charge in [0.15, 0.2) is 0 Å². The van der Waals surface area contributed by atoms with Crippen LogP contribution in [0.3, 0.4) is 0 Å². The Bertz CT molecular complexity index is 381. The van der Waals surface area contributed by atoms with Gasteiger partial charge >= 0.3 is 12.0 Å². The van der Waals surface area contributed by atoms with Crippen LogP contribution in [0.4, 0.5) is 4.79 Å². The van der Waals surface area contributed by atoms with Crippen LogP contribution in [0.2, 0.25) is 0 Å². The molecular formula is C11H15N3O3. The number of urea groups is 1. The number of aliphatic carboxylic acids is 1. The van der Waals surface area contributed by atoms with Gasteiger partial charge in [0.05, 0.1) is 6.42 Å². The number of carbonyl (C=O) groups excluding carboxylic acids is 1. The van der Waals surface area contributed by atoms with E-state index < -0.39 is 12.0 Å². The Morgan fingerprint density at radius 1 is 1.53 bits per heavy atom. The number of nitrogens with zero attached hydrogens (tertiary/aromatic N) is 1. The van der Waals surface area contributed by atoms with E-state index in [-0.39, 0.29) is 12.5 Å². The highest BCUT2D eigenvalue weighted by molar-refractivity contribution is 5.75. The lowest BCUT2D eigenvalue weighted by molar-refractivity contribution is -0.137. The predicted octanol–water partition coefficient (Wildman–Crippen LogP) is 0.744. The molecule has 6 heteroatoms. The van der Waals surface area contributed by atoms with Gasteiger partial charge in [-0.15, -0.1) is 0 Å². The highest BCUT2D eigenvalue weighted by atomic mass is 16.4. The van der Waals surface area contributed by atoms with Crippen molar-refractivity contribution in [2.24, 2.45) is 0 Å². The lowest BCUT2D eigenvalue weighted by atomic mass is 10.2. The summed E-state index contributed by atoms with van der Waals surface area (Å²) in [5, 5.41) is 13.7. The zero-order chi connectivity index (χ0) is 12.7. The van der Waals surface area contributed by atoms with Crippen molar-refractivity contribution in [2.75, 3.05) is 0 Å². The van der Waals surface area contributed by atoms with Crippen molar-refractivity contribution in [3.05, 3.63) is 30.1 Å². The summed E-state index contributed by atoms with van der Waals surface area (Å²) in [6, 6.07) is 2.83. The second kappa shape index (κ2) is 6.47. The molecule has 1 aromatic rings. The normalized spacial score (nSPS) is 11.6. The topological polar surface area (TPSA) is 91.3 Å². The molecule has 0 spiro atoms. The van der Waals surface area contributed by atoms with Crippen LogP contribution < -0.4 is 10.6 Å². The molecule has 3 N–H and O–H groups in total. The molecule has 0 aromatic carbocycles. The van der Waals surface area contributed by atoms with Gasteiger partial charge in [0.25, 0.3) is 0 Å². The molecule has 6 nitrogen and oxygen atoms in total. The Morgan fingerprint density at radius 2 is 2.29 bits per heavy atom. The van der Waals surface area contributed by atoms with Gasteiger partial charge in [0.1, 0.15) is 0 Å². The van der Waals surface area contributed by atoms with Crippen molar-refractivity contribution in [2.45, 2.75) is 25.9 Å². The fourth-order valence-electron chi connectivity index (χ4n) is 1.27. The number of pyridine rings is 1. The average Bonchev–Trinajstić information content (AvgIpc) is 2.26. The molecule has 0 aliphatic rings. The summed E-state index contributed by atoms with van der Waals surface area (Å²) in [4.78, 5) is 25.7. The molecule has 0 bridgehead atoms. The van der Waals surface area contributed by atoms with Gasteiger partial charge in [-0.1, -0.05) is 6.07 Å². The van der Waals surface area contributed by atoms with Crippen molar-refractivity contribution < 1.29 is 14.7 Å². The number of carboxylic acids is 1. The van der Waals surface area contributed by atoms with Crippen LogP contribution in [0.1, 0.15) is 18.9 Å².